The second kappa shape index (κ2) is 6.38. The summed E-state index contributed by atoms with van der Waals surface area (Å²) < 4.78 is 16.2. The van der Waals surface area contributed by atoms with E-state index in [0.717, 1.165) is 0 Å². The van der Waals surface area contributed by atoms with Gasteiger partial charge in [-0.25, -0.2) is 0 Å². The summed E-state index contributed by atoms with van der Waals surface area (Å²) in [5.41, 5.74) is 0. The molecular formula is C10H21O5P. The minimum absolute atomic E-state index is 0.231. The van der Waals surface area contributed by atoms with Crippen molar-refractivity contribution < 1.29 is 23.9 Å². The van der Waals surface area contributed by atoms with Crippen LogP contribution in [0.5, 0.6) is 0 Å². The van der Waals surface area contributed by atoms with E-state index in [0.29, 0.717) is 25.9 Å². The Morgan fingerprint density at radius 3 is 2.25 bits per heavy atom. The molecule has 1 atom stereocenters. The Labute approximate surface area is 96.4 Å². The minimum atomic E-state index is -4.29. The lowest BCUT2D eigenvalue weighted by Gasteiger charge is -2.28. The maximum Gasteiger partial charge on any atom is 0.331 e. The zero-order chi connectivity index (χ0) is 12.8. The van der Waals surface area contributed by atoms with Crippen LogP contribution in [0.3, 0.4) is 0 Å². The Bertz CT molecular complexity index is 272. The van der Waals surface area contributed by atoms with Crippen LogP contribution in [0.25, 0.3) is 0 Å². The molecule has 0 saturated heterocycles. The van der Waals surface area contributed by atoms with E-state index in [4.69, 9.17) is 4.74 Å². The Balaban J connectivity index is 4.57. The first kappa shape index (κ1) is 15.6. The molecule has 0 aromatic heterocycles. The summed E-state index contributed by atoms with van der Waals surface area (Å²) in [5.74, 6) is -0.541. The standard InChI is InChI=1S/C10H21O5P/c1-4-6-10(3,16(12,13)14)8-9(11)15-7-5-2/h4-8H2,1-3H3,(H2,12,13,14). The monoisotopic (exact) mass is 252 g/mol. The van der Waals surface area contributed by atoms with Crippen molar-refractivity contribution in [1.82, 2.24) is 0 Å². The lowest BCUT2D eigenvalue weighted by Crippen LogP contribution is -2.29. The topological polar surface area (TPSA) is 83.8 Å². The molecule has 0 amide bonds. The van der Waals surface area contributed by atoms with Crippen molar-refractivity contribution >= 4 is 13.6 Å². The summed E-state index contributed by atoms with van der Waals surface area (Å²) in [6.07, 6.45) is 1.39. The normalized spacial score (nSPS) is 15.6. The van der Waals surface area contributed by atoms with Crippen LogP contribution in [0.15, 0.2) is 0 Å². The van der Waals surface area contributed by atoms with Gasteiger partial charge in [0.2, 0.25) is 0 Å². The average molecular weight is 252 g/mol. The molecule has 0 radical (unpaired) electrons. The summed E-state index contributed by atoms with van der Waals surface area (Å²) in [4.78, 5) is 29.9. The van der Waals surface area contributed by atoms with Gasteiger partial charge in [-0.15, -0.1) is 0 Å². The fourth-order valence-electron chi connectivity index (χ4n) is 1.45. The van der Waals surface area contributed by atoms with E-state index in [9.17, 15) is 19.1 Å². The fourth-order valence-corrected chi connectivity index (χ4v) is 2.30. The molecule has 0 aromatic rings. The van der Waals surface area contributed by atoms with E-state index in [2.05, 4.69) is 0 Å². The van der Waals surface area contributed by atoms with Crippen molar-refractivity contribution in [3.8, 4) is 0 Å². The molecular weight excluding hydrogens is 231 g/mol. The number of hydrogen-bond acceptors (Lipinski definition) is 3. The van der Waals surface area contributed by atoms with Crippen LogP contribution < -0.4 is 0 Å². The van der Waals surface area contributed by atoms with Crippen LogP contribution in [-0.4, -0.2) is 27.5 Å². The largest absolute Gasteiger partial charge is 0.466 e. The van der Waals surface area contributed by atoms with Gasteiger partial charge in [0.1, 0.15) is 0 Å². The summed E-state index contributed by atoms with van der Waals surface area (Å²) in [6.45, 7) is 5.42. The van der Waals surface area contributed by atoms with Gasteiger partial charge in [0, 0.05) is 0 Å². The Morgan fingerprint density at radius 1 is 1.31 bits per heavy atom. The lowest BCUT2D eigenvalue weighted by molar-refractivity contribution is -0.144. The molecule has 0 aromatic carbocycles. The van der Waals surface area contributed by atoms with Gasteiger partial charge in [0.05, 0.1) is 18.2 Å². The molecule has 16 heavy (non-hydrogen) atoms. The molecule has 0 fully saturated rings. The van der Waals surface area contributed by atoms with E-state index in [-0.39, 0.29) is 6.42 Å². The first-order valence-corrected chi connectivity index (χ1v) is 7.09. The average Bonchev–Trinajstić information content (AvgIpc) is 2.13. The highest BCUT2D eigenvalue weighted by Gasteiger charge is 2.43. The first-order valence-electron chi connectivity index (χ1n) is 5.48. The molecule has 0 aliphatic heterocycles. The van der Waals surface area contributed by atoms with Gasteiger partial charge in [-0.3, -0.25) is 9.36 Å². The van der Waals surface area contributed by atoms with Crippen LogP contribution in [0.4, 0.5) is 0 Å². The van der Waals surface area contributed by atoms with Gasteiger partial charge in [-0.2, -0.15) is 0 Å². The van der Waals surface area contributed by atoms with Crippen molar-refractivity contribution in [3.05, 3.63) is 0 Å². The summed E-state index contributed by atoms with van der Waals surface area (Å²) >= 11 is 0. The van der Waals surface area contributed by atoms with Gasteiger partial charge < -0.3 is 14.5 Å². The smallest absolute Gasteiger partial charge is 0.331 e. The lowest BCUT2D eigenvalue weighted by atomic mass is 10.0. The molecule has 6 heteroatoms. The SMILES string of the molecule is CCCOC(=O)CC(C)(CCC)P(=O)(O)O. The third kappa shape index (κ3) is 4.64. The van der Waals surface area contributed by atoms with Crippen molar-refractivity contribution in [1.29, 1.82) is 0 Å². The van der Waals surface area contributed by atoms with Crippen molar-refractivity contribution in [2.45, 2.75) is 51.6 Å². The Kier molecular flexibility index (Phi) is 6.23. The zero-order valence-corrected chi connectivity index (χ0v) is 11.0. The van der Waals surface area contributed by atoms with Crippen molar-refractivity contribution in [2.75, 3.05) is 6.61 Å². The second-order valence-electron chi connectivity index (χ2n) is 4.19. The third-order valence-corrected chi connectivity index (χ3v) is 4.27. The zero-order valence-electron chi connectivity index (χ0n) is 10.1. The Hall–Kier alpha value is -0.380. The summed E-state index contributed by atoms with van der Waals surface area (Å²) in [7, 11) is -4.29. The maximum absolute atomic E-state index is 11.4. The third-order valence-electron chi connectivity index (χ3n) is 2.48. The van der Waals surface area contributed by atoms with Crippen LogP contribution in [0.1, 0.15) is 46.5 Å². The van der Waals surface area contributed by atoms with E-state index in [1.807, 2.05) is 13.8 Å². The number of ether oxygens (including phenoxy) is 1. The number of esters is 1. The highest BCUT2D eigenvalue weighted by atomic mass is 31.2. The molecule has 0 spiro atoms. The predicted octanol–water partition coefficient (Wildman–Crippen LogP) is 2.07. The molecule has 0 saturated carbocycles. The molecule has 1 unspecified atom stereocenters. The second-order valence-corrected chi connectivity index (χ2v) is 6.36. The van der Waals surface area contributed by atoms with Crippen molar-refractivity contribution in [2.24, 2.45) is 0 Å². The van der Waals surface area contributed by atoms with Crippen molar-refractivity contribution in [3.63, 3.8) is 0 Å². The highest BCUT2D eigenvalue weighted by Crippen LogP contribution is 2.54. The highest BCUT2D eigenvalue weighted by molar-refractivity contribution is 7.53. The van der Waals surface area contributed by atoms with Crippen LogP contribution in [-0.2, 0) is 14.1 Å². The molecule has 96 valence electrons. The summed E-state index contributed by atoms with van der Waals surface area (Å²) in [5, 5.41) is -1.30. The molecule has 5 nitrogen and oxygen atoms in total. The van der Waals surface area contributed by atoms with Gasteiger partial charge in [-0.05, 0) is 19.8 Å². The number of carbonyl (C=O) groups is 1. The van der Waals surface area contributed by atoms with Crippen LogP contribution in [0.2, 0.25) is 0 Å². The number of hydrogen-bond donors (Lipinski definition) is 2. The van der Waals surface area contributed by atoms with Gasteiger partial charge in [0.15, 0.2) is 0 Å². The van der Waals surface area contributed by atoms with E-state index in [1.54, 1.807) is 0 Å². The van der Waals surface area contributed by atoms with Gasteiger partial charge in [0.25, 0.3) is 0 Å². The predicted molar refractivity (Wildman–Crippen MR) is 61.2 cm³/mol. The van der Waals surface area contributed by atoms with Gasteiger partial charge >= 0.3 is 13.6 Å². The molecule has 0 bridgehead atoms. The molecule has 0 aliphatic rings. The first-order chi connectivity index (χ1) is 7.27. The van der Waals surface area contributed by atoms with Crippen LogP contribution >= 0.6 is 7.60 Å². The quantitative estimate of drug-likeness (QED) is 0.535. The van der Waals surface area contributed by atoms with E-state index in [1.165, 1.54) is 6.92 Å². The molecule has 0 rings (SSSR count). The molecule has 0 heterocycles. The van der Waals surface area contributed by atoms with Gasteiger partial charge in [-0.1, -0.05) is 20.3 Å². The number of carbonyl (C=O) groups excluding carboxylic acids is 1. The van der Waals surface area contributed by atoms with Crippen LogP contribution in [0, 0.1) is 0 Å². The molecule has 2 N–H and O–H groups in total. The number of rotatable bonds is 7. The minimum Gasteiger partial charge on any atom is -0.466 e. The van der Waals surface area contributed by atoms with E-state index >= 15 is 0 Å². The summed E-state index contributed by atoms with van der Waals surface area (Å²) in [6, 6.07) is 0. The maximum atomic E-state index is 11.4. The fraction of sp³-hybridized carbons (Fsp3) is 0.900. The Morgan fingerprint density at radius 2 is 1.88 bits per heavy atom. The van der Waals surface area contributed by atoms with E-state index < -0.39 is 18.7 Å². The molecule has 0 aliphatic carbocycles.